The van der Waals surface area contributed by atoms with Crippen molar-refractivity contribution in [3.8, 4) is 0 Å². The normalized spacial score (nSPS) is 11.9. The first-order valence-electron chi connectivity index (χ1n) is 6.42. The van der Waals surface area contributed by atoms with Crippen molar-refractivity contribution < 1.29 is 4.79 Å². The van der Waals surface area contributed by atoms with Crippen molar-refractivity contribution >= 4 is 27.2 Å². The summed E-state index contributed by atoms with van der Waals surface area (Å²) in [6.45, 7) is 6.54. The maximum absolute atomic E-state index is 12.0. The molecular weight excluding hydrogens is 240 g/mol. The first-order valence-corrected chi connectivity index (χ1v) is 7.30. The van der Waals surface area contributed by atoms with Crippen molar-refractivity contribution in [3.63, 3.8) is 0 Å². The molecule has 0 fully saturated rings. The van der Waals surface area contributed by atoms with E-state index in [0.717, 1.165) is 6.42 Å². The molecule has 2 rings (SSSR count). The Balaban J connectivity index is 2.03. The molecule has 0 aliphatic carbocycles. The average molecular weight is 260 g/mol. The van der Waals surface area contributed by atoms with Crippen molar-refractivity contribution in [2.45, 2.75) is 40.0 Å². The van der Waals surface area contributed by atoms with E-state index in [1.54, 1.807) is 11.3 Å². The molecule has 96 valence electrons. The molecule has 0 aliphatic rings. The average Bonchev–Trinajstić information content (AvgIpc) is 2.70. The van der Waals surface area contributed by atoms with Crippen LogP contribution in [0.3, 0.4) is 0 Å². The van der Waals surface area contributed by atoms with Gasteiger partial charge in [0.05, 0.1) is 0 Å². The molecule has 0 saturated heterocycles. The van der Waals surface area contributed by atoms with E-state index in [-0.39, 0.29) is 5.41 Å². The molecule has 0 atom stereocenters. The predicted molar refractivity (Wildman–Crippen MR) is 79.2 cm³/mol. The number of fused-ring (bicyclic) bond motifs is 1. The third-order valence-corrected chi connectivity index (χ3v) is 4.11. The van der Waals surface area contributed by atoms with Crippen LogP contribution < -0.4 is 0 Å². The number of carbonyl (C=O) groups is 1. The lowest BCUT2D eigenvalue weighted by Gasteiger charge is -2.16. The van der Waals surface area contributed by atoms with Crippen molar-refractivity contribution in [1.82, 2.24) is 0 Å². The highest BCUT2D eigenvalue weighted by molar-refractivity contribution is 7.17. The van der Waals surface area contributed by atoms with Crippen molar-refractivity contribution in [2.75, 3.05) is 0 Å². The van der Waals surface area contributed by atoms with Crippen molar-refractivity contribution in [1.29, 1.82) is 0 Å². The smallest absolute Gasteiger partial charge is 0.137 e. The van der Waals surface area contributed by atoms with Crippen LogP contribution in [-0.4, -0.2) is 5.78 Å². The number of rotatable bonds is 4. The van der Waals surface area contributed by atoms with Crippen molar-refractivity contribution in [3.05, 3.63) is 35.2 Å². The van der Waals surface area contributed by atoms with Gasteiger partial charge in [-0.05, 0) is 34.2 Å². The number of hydrogen-bond donors (Lipinski definition) is 0. The monoisotopic (exact) mass is 260 g/mol. The largest absolute Gasteiger partial charge is 0.299 e. The quantitative estimate of drug-likeness (QED) is 0.768. The van der Waals surface area contributed by atoms with Crippen LogP contribution in [0.25, 0.3) is 10.1 Å². The zero-order valence-corrected chi connectivity index (χ0v) is 12.1. The minimum atomic E-state index is 0.242. The summed E-state index contributed by atoms with van der Waals surface area (Å²) < 4.78 is 1.27. The van der Waals surface area contributed by atoms with Gasteiger partial charge in [-0.1, -0.05) is 39.0 Å². The molecule has 2 aromatic rings. The van der Waals surface area contributed by atoms with Gasteiger partial charge in [-0.25, -0.2) is 0 Å². The van der Waals surface area contributed by atoms with Crippen LogP contribution in [-0.2, 0) is 11.2 Å². The van der Waals surface area contributed by atoms with E-state index in [2.05, 4.69) is 38.3 Å². The van der Waals surface area contributed by atoms with E-state index >= 15 is 0 Å². The van der Waals surface area contributed by atoms with E-state index in [1.807, 2.05) is 12.1 Å². The Labute approximate surface area is 113 Å². The fraction of sp³-hybridized carbons (Fsp3) is 0.438. The summed E-state index contributed by atoms with van der Waals surface area (Å²) in [5, 5.41) is 3.37. The van der Waals surface area contributed by atoms with Crippen molar-refractivity contribution in [2.24, 2.45) is 5.41 Å². The van der Waals surface area contributed by atoms with Gasteiger partial charge >= 0.3 is 0 Å². The summed E-state index contributed by atoms with van der Waals surface area (Å²) >= 11 is 1.73. The third-order valence-electron chi connectivity index (χ3n) is 3.10. The van der Waals surface area contributed by atoms with Gasteiger partial charge in [0, 0.05) is 17.5 Å². The lowest BCUT2D eigenvalue weighted by atomic mass is 9.89. The summed E-state index contributed by atoms with van der Waals surface area (Å²) in [5.41, 5.74) is 1.43. The molecule has 0 amide bonds. The van der Waals surface area contributed by atoms with Gasteiger partial charge in [0.15, 0.2) is 0 Å². The molecule has 0 spiro atoms. The minimum Gasteiger partial charge on any atom is -0.299 e. The van der Waals surface area contributed by atoms with E-state index < -0.39 is 0 Å². The van der Waals surface area contributed by atoms with Gasteiger partial charge in [0.1, 0.15) is 5.78 Å². The number of carbonyl (C=O) groups excluding carboxylic acids is 1. The molecule has 0 aliphatic heterocycles. The summed E-state index contributed by atoms with van der Waals surface area (Å²) in [7, 11) is 0. The highest BCUT2D eigenvalue weighted by atomic mass is 32.1. The molecule has 0 radical (unpaired) electrons. The van der Waals surface area contributed by atoms with E-state index in [9.17, 15) is 4.79 Å². The highest BCUT2D eigenvalue weighted by Gasteiger charge is 2.14. The molecule has 1 heterocycles. The zero-order valence-electron chi connectivity index (χ0n) is 11.3. The molecule has 1 aromatic carbocycles. The molecule has 2 heteroatoms. The fourth-order valence-corrected chi connectivity index (χ4v) is 2.95. The van der Waals surface area contributed by atoms with Gasteiger partial charge in [-0.3, -0.25) is 4.79 Å². The van der Waals surface area contributed by atoms with E-state index in [0.29, 0.717) is 18.6 Å². The molecule has 1 aromatic heterocycles. The Morgan fingerprint density at radius 3 is 2.67 bits per heavy atom. The molecule has 0 N–H and O–H groups in total. The highest BCUT2D eigenvalue weighted by Crippen LogP contribution is 2.27. The Bertz CT molecular complexity index is 545. The second-order valence-electron chi connectivity index (χ2n) is 6.03. The topological polar surface area (TPSA) is 17.1 Å². The molecule has 1 nitrogen and oxygen atoms in total. The van der Waals surface area contributed by atoms with E-state index in [1.165, 1.54) is 15.6 Å². The maximum atomic E-state index is 12.0. The lowest BCUT2D eigenvalue weighted by molar-refractivity contribution is -0.118. The predicted octanol–water partition coefficient (Wildman–Crippen LogP) is 4.84. The molecule has 0 saturated carbocycles. The first-order chi connectivity index (χ1) is 8.46. The Hall–Kier alpha value is -1.15. The third kappa shape index (κ3) is 3.42. The second kappa shape index (κ2) is 5.23. The van der Waals surface area contributed by atoms with Crippen LogP contribution >= 0.6 is 11.3 Å². The molecular formula is C16H20OS. The fourth-order valence-electron chi connectivity index (χ4n) is 1.98. The summed E-state index contributed by atoms with van der Waals surface area (Å²) in [6, 6.07) is 8.31. The van der Waals surface area contributed by atoms with Crippen LogP contribution in [0.15, 0.2) is 29.6 Å². The SMILES string of the molecule is CC(C)(C)CCC(=O)Cc1csc2ccccc12. The number of ketones is 1. The second-order valence-corrected chi connectivity index (χ2v) is 6.94. The van der Waals surface area contributed by atoms with Gasteiger partial charge in [-0.15, -0.1) is 11.3 Å². The molecule has 0 unspecified atom stereocenters. The van der Waals surface area contributed by atoms with Crippen LogP contribution in [0.1, 0.15) is 39.2 Å². The first kappa shape index (κ1) is 13.3. The number of hydrogen-bond acceptors (Lipinski definition) is 2. The van der Waals surface area contributed by atoms with Gasteiger partial charge in [0.25, 0.3) is 0 Å². The zero-order chi connectivity index (χ0) is 13.2. The maximum Gasteiger partial charge on any atom is 0.137 e. The Kier molecular flexibility index (Phi) is 3.86. The van der Waals surface area contributed by atoms with Gasteiger partial charge in [-0.2, -0.15) is 0 Å². The minimum absolute atomic E-state index is 0.242. The van der Waals surface area contributed by atoms with Gasteiger partial charge < -0.3 is 0 Å². The Morgan fingerprint density at radius 2 is 1.94 bits per heavy atom. The molecule has 0 bridgehead atoms. The van der Waals surface area contributed by atoms with Crippen LogP contribution in [0.2, 0.25) is 0 Å². The van der Waals surface area contributed by atoms with Crippen LogP contribution in [0, 0.1) is 5.41 Å². The Morgan fingerprint density at radius 1 is 1.22 bits per heavy atom. The summed E-state index contributed by atoms with van der Waals surface area (Å²) in [6.07, 6.45) is 2.24. The van der Waals surface area contributed by atoms with Gasteiger partial charge in [0.2, 0.25) is 0 Å². The number of thiophene rings is 1. The summed E-state index contributed by atoms with van der Waals surface area (Å²) in [4.78, 5) is 12.0. The molecule has 18 heavy (non-hydrogen) atoms. The van der Waals surface area contributed by atoms with Crippen LogP contribution in [0.4, 0.5) is 0 Å². The standard InChI is InChI=1S/C16H20OS/c1-16(2,3)9-8-13(17)10-12-11-18-15-7-5-4-6-14(12)15/h4-7,11H,8-10H2,1-3H3. The number of benzene rings is 1. The summed E-state index contributed by atoms with van der Waals surface area (Å²) in [5.74, 6) is 0.355. The van der Waals surface area contributed by atoms with E-state index in [4.69, 9.17) is 0 Å². The number of Topliss-reactive ketones (excluding diaryl/α,β-unsaturated/α-hetero) is 1. The lowest BCUT2D eigenvalue weighted by Crippen LogP contribution is -2.10. The van der Waals surface area contributed by atoms with Crippen LogP contribution in [0.5, 0.6) is 0 Å².